The van der Waals surface area contributed by atoms with Gasteiger partial charge in [-0.1, -0.05) is 0 Å². The Bertz CT molecular complexity index is 915. The van der Waals surface area contributed by atoms with E-state index < -0.39 is 23.4 Å². The first-order valence-corrected chi connectivity index (χ1v) is 8.65. The van der Waals surface area contributed by atoms with E-state index in [-0.39, 0.29) is 17.8 Å². The molecular formula is C18H22N6O4. The second kappa shape index (κ2) is 6.95. The quantitative estimate of drug-likeness (QED) is 0.641. The molecule has 28 heavy (non-hydrogen) atoms. The molecule has 1 atom stereocenters. The third-order valence-corrected chi connectivity index (χ3v) is 4.05. The molecule has 3 N–H and O–H groups in total. The van der Waals surface area contributed by atoms with Gasteiger partial charge in [0.25, 0.3) is 11.8 Å². The topological polar surface area (TPSA) is 127 Å². The van der Waals surface area contributed by atoms with Crippen molar-refractivity contribution in [2.45, 2.75) is 31.9 Å². The Hall–Kier alpha value is -3.43. The van der Waals surface area contributed by atoms with Crippen LogP contribution in [0, 0.1) is 0 Å². The molecule has 0 spiro atoms. The number of hydrogen-bond donors (Lipinski definition) is 3. The second-order valence-corrected chi connectivity index (χ2v) is 7.45. The van der Waals surface area contributed by atoms with E-state index in [0.717, 1.165) is 0 Å². The summed E-state index contributed by atoms with van der Waals surface area (Å²) in [6.07, 6.45) is 4.61. The minimum atomic E-state index is -1.50. The van der Waals surface area contributed by atoms with Gasteiger partial charge in [0.15, 0.2) is 5.54 Å². The Morgan fingerprint density at radius 1 is 1.29 bits per heavy atom. The molecule has 1 saturated heterocycles. The van der Waals surface area contributed by atoms with Crippen LogP contribution in [0.5, 0.6) is 5.75 Å². The van der Waals surface area contributed by atoms with Gasteiger partial charge in [-0.3, -0.25) is 14.9 Å². The van der Waals surface area contributed by atoms with Gasteiger partial charge in [-0.2, -0.15) is 0 Å². The lowest BCUT2D eigenvalue weighted by molar-refractivity contribution is -0.124. The zero-order chi connectivity index (χ0) is 20.5. The molecule has 0 radical (unpaired) electrons. The SMILES string of the molecule is Cn1ccnc1C1(CNC(=O)c2ccc(OC(C)(C)C)cn2)NC(=O)NC1=O. The summed E-state index contributed by atoms with van der Waals surface area (Å²) in [5, 5.41) is 7.40. The molecule has 0 bridgehead atoms. The number of carbonyl (C=O) groups is 3. The Balaban J connectivity index is 1.75. The van der Waals surface area contributed by atoms with Gasteiger partial charge >= 0.3 is 6.03 Å². The number of hydrogen-bond acceptors (Lipinski definition) is 6. The number of ether oxygens (including phenoxy) is 1. The lowest BCUT2D eigenvalue weighted by Crippen LogP contribution is -2.54. The highest BCUT2D eigenvalue weighted by molar-refractivity contribution is 6.07. The van der Waals surface area contributed by atoms with Crippen molar-refractivity contribution in [3.8, 4) is 5.75 Å². The van der Waals surface area contributed by atoms with Gasteiger partial charge in [-0.05, 0) is 32.9 Å². The molecule has 1 fully saturated rings. The molecule has 0 aromatic carbocycles. The van der Waals surface area contributed by atoms with Crippen LogP contribution in [-0.4, -0.2) is 44.5 Å². The number of amides is 4. The summed E-state index contributed by atoms with van der Waals surface area (Å²) in [6, 6.07) is 2.52. The van der Waals surface area contributed by atoms with Crippen LogP contribution < -0.4 is 20.7 Å². The zero-order valence-corrected chi connectivity index (χ0v) is 16.1. The highest BCUT2D eigenvalue weighted by atomic mass is 16.5. The normalized spacial score (nSPS) is 19.1. The van der Waals surface area contributed by atoms with Crippen LogP contribution in [0.15, 0.2) is 30.7 Å². The maximum atomic E-state index is 12.5. The Morgan fingerprint density at radius 3 is 2.54 bits per heavy atom. The Morgan fingerprint density at radius 2 is 2.04 bits per heavy atom. The molecular weight excluding hydrogens is 364 g/mol. The second-order valence-electron chi connectivity index (χ2n) is 7.45. The number of aromatic nitrogens is 3. The van der Waals surface area contributed by atoms with Crippen molar-refractivity contribution in [3.05, 3.63) is 42.2 Å². The van der Waals surface area contributed by atoms with E-state index in [4.69, 9.17) is 4.74 Å². The number of pyridine rings is 1. The number of nitrogens with zero attached hydrogens (tertiary/aromatic N) is 3. The summed E-state index contributed by atoms with van der Waals surface area (Å²) >= 11 is 0. The van der Waals surface area contributed by atoms with Gasteiger partial charge in [-0.15, -0.1) is 0 Å². The molecule has 0 aliphatic carbocycles. The highest BCUT2D eigenvalue weighted by Crippen LogP contribution is 2.23. The molecule has 1 aliphatic rings. The van der Waals surface area contributed by atoms with Crippen molar-refractivity contribution >= 4 is 17.8 Å². The Labute approximate surface area is 161 Å². The zero-order valence-electron chi connectivity index (χ0n) is 16.1. The number of imidazole rings is 1. The molecule has 10 heteroatoms. The number of rotatable bonds is 5. The molecule has 3 heterocycles. The van der Waals surface area contributed by atoms with Crippen molar-refractivity contribution < 1.29 is 19.1 Å². The smallest absolute Gasteiger partial charge is 0.322 e. The Kier molecular flexibility index (Phi) is 4.80. The van der Waals surface area contributed by atoms with Crippen molar-refractivity contribution in [1.29, 1.82) is 0 Å². The highest BCUT2D eigenvalue weighted by Gasteiger charge is 2.50. The van der Waals surface area contributed by atoms with Crippen molar-refractivity contribution in [3.63, 3.8) is 0 Å². The monoisotopic (exact) mass is 386 g/mol. The first-order chi connectivity index (χ1) is 13.1. The molecule has 10 nitrogen and oxygen atoms in total. The van der Waals surface area contributed by atoms with Crippen molar-refractivity contribution in [1.82, 2.24) is 30.5 Å². The minimum absolute atomic E-state index is 0.154. The van der Waals surface area contributed by atoms with Crippen LogP contribution in [0.1, 0.15) is 37.1 Å². The fourth-order valence-corrected chi connectivity index (χ4v) is 2.86. The van der Waals surface area contributed by atoms with Crippen LogP contribution >= 0.6 is 0 Å². The van der Waals surface area contributed by atoms with E-state index in [0.29, 0.717) is 11.6 Å². The van der Waals surface area contributed by atoms with E-state index in [1.165, 1.54) is 18.5 Å². The summed E-state index contributed by atoms with van der Waals surface area (Å²) < 4.78 is 7.28. The molecule has 1 unspecified atom stereocenters. The average molecular weight is 386 g/mol. The maximum Gasteiger partial charge on any atom is 0.322 e. The van der Waals surface area contributed by atoms with Gasteiger partial charge < -0.3 is 19.9 Å². The number of urea groups is 1. The van der Waals surface area contributed by atoms with E-state index in [9.17, 15) is 14.4 Å². The average Bonchev–Trinajstić information content (AvgIpc) is 3.15. The fourth-order valence-electron chi connectivity index (χ4n) is 2.86. The standard InChI is InChI=1S/C18H22N6O4/c1-17(2,3)28-11-5-6-12(20-9-11)13(25)21-10-18(14-19-7-8-24(14)4)15(26)22-16(27)23-18/h5-9H,10H2,1-4H3,(H,21,25)(H2,22,23,26,27). The van der Waals surface area contributed by atoms with Gasteiger partial charge in [0.2, 0.25) is 0 Å². The fraction of sp³-hybridized carbons (Fsp3) is 0.389. The predicted molar refractivity (Wildman–Crippen MR) is 98.5 cm³/mol. The van der Waals surface area contributed by atoms with E-state index in [1.807, 2.05) is 20.8 Å². The number of imide groups is 1. The molecule has 2 aromatic heterocycles. The summed E-state index contributed by atoms with van der Waals surface area (Å²) in [4.78, 5) is 44.9. The summed E-state index contributed by atoms with van der Waals surface area (Å²) in [5.74, 6) is -0.243. The van der Waals surface area contributed by atoms with Crippen LogP contribution in [0.2, 0.25) is 0 Å². The van der Waals surface area contributed by atoms with Gasteiger partial charge in [0.05, 0.1) is 12.7 Å². The summed E-state index contributed by atoms with van der Waals surface area (Å²) in [7, 11) is 1.69. The number of carbonyl (C=O) groups excluding carboxylic acids is 3. The predicted octanol–water partition coefficient (Wildman–Crippen LogP) is 0.457. The van der Waals surface area contributed by atoms with E-state index in [2.05, 4.69) is 25.9 Å². The molecule has 3 rings (SSSR count). The lowest BCUT2D eigenvalue weighted by atomic mass is 9.98. The van der Waals surface area contributed by atoms with Crippen molar-refractivity contribution in [2.75, 3.05) is 6.54 Å². The largest absolute Gasteiger partial charge is 0.487 e. The first kappa shape index (κ1) is 19.3. The molecule has 0 saturated carbocycles. The summed E-state index contributed by atoms with van der Waals surface area (Å²) in [5.41, 5.74) is -1.73. The number of aryl methyl sites for hydroxylation is 1. The lowest BCUT2D eigenvalue weighted by Gasteiger charge is -2.25. The van der Waals surface area contributed by atoms with E-state index in [1.54, 1.807) is 23.9 Å². The third-order valence-electron chi connectivity index (χ3n) is 4.05. The van der Waals surface area contributed by atoms with Crippen LogP contribution in [0.3, 0.4) is 0 Å². The van der Waals surface area contributed by atoms with Crippen LogP contribution in [0.25, 0.3) is 0 Å². The summed E-state index contributed by atoms with van der Waals surface area (Å²) in [6.45, 7) is 5.54. The minimum Gasteiger partial charge on any atom is -0.487 e. The third kappa shape index (κ3) is 3.80. The van der Waals surface area contributed by atoms with Gasteiger partial charge in [0.1, 0.15) is 22.9 Å². The maximum absolute atomic E-state index is 12.5. The van der Waals surface area contributed by atoms with Crippen LogP contribution in [-0.2, 0) is 17.4 Å². The van der Waals surface area contributed by atoms with Gasteiger partial charge in [-0.25, -0.2) is 14.8 Å². The molecule has 2 aromatic rings. The molecule has 148 valence electrons. The van der Waals surface area contributed by atoms with E-state index >= 15 is 0 Å². The first-order valence-electron chi connectivity index (χ1n) is 8.65. The number of nitrogens with one attached hydrogen (secondary N) is 3. The molecule has 4 amide bonds. The van der Waals surface area contributed by atoms with Crippen LogP contribution in [0.4, 0.5) is 4.79 Å². The van der Waals surface area contributed by atoms with Gasteiger partial charge in [0, 0.05) is 19.4 Å². The molecule has 1 aliphatic heterocycles. The van der Waals surface area contributed by atoms with Crippen molar-refractivity contribution in [2.24, 2.45) is 7.05 Å².